The number of anilines is 1. The molecule has 4 heteroatoms. The van der Waals surface area contributed by atoms with Crippen LogP contribution in [0.5, 0.6) is 0 Å². The van der Waals surface area contributed by atoms with E-state index in [9.17, 15) is 0 Å². The fraction of sp³-hybridized carbons (Fsp3) is 0.824. The summed E-state index contributed by atoms with van der Waals surface area (Å²) in [5.74, 6) is 1.56. The summed E-state index contributed by atoms with van der Waals surface area (Å²) in [4.78, 5) is 8.97. The predicted molar refractivity (Wildman–Crippen MR) is 91.2 cm³/mol. The van der Waals surface area contributed by atoms with E-state index in [4.69, 9.17) is 4.98 Å². The van der Waals surface area contributed by atoms with Crippen molar-refractivity contribution in [3.8, 4) is 0 Å². The third kappa shape index (κ3) is 3.42. The Balaban J connectivity index is 1.80. The monoisotopic (exact) mass is 307 g/mol. The van der Waals surface area contributed by atoms with Crippen LogP contribution in [0, 0.1) is 11.8 Å². The summed E-state index contributed by atoms with van der Waals surface area (Å²) < 4.78 is 0. The molecule has 0 spiro atoms. The van der Waals surface area contributed by atoms with Crippen molar-refractivity contribution in [3.63, 3.8) is 0 Å². The molecule has 0 radical (unpaired) electrons. The highest BCUT2D eigenvalue weighted by Crippen LogP contribution is 2.37. The van der Waals surface area contributed by atoms with Crippen LogP contribution in [0.1, 0.15) is 58.0 Å². The molecule has 1 aromatic rings. The lowest BCUT2D eigenvalue weighted by atomic mass is 9.91. The minimum Gasteiger partial charge on any atom is -0.348 e. The summed E-state index contributed by atoms with van der Waals surface area (Å²) in [6, 6.07) is 0.759. The Morgan fingerprint density at radius 2 is 1.81 bits per heavy atom. The zero-order valence-electron chi connectivity index (χ0n) is 14.1. The first-order chi connectivity index (χ1) is 9.84. The molecule has 3 rings (SSSR count). The van der Waals surface area contributed by atoms with Crippen LogP contribution in [0.15, 0.2) is 0 Å². The molecule has 0 aromatic carbocycles. The van der Waals surface area contributed by atoms with Crippen molar-refractivity contribution in [1.29, 1.82) is 0 Å². The van der Waals surface area contributed by atoms with Gasteiger partial charge in [0, 0.05) is 36.0 Å². The van der Waals surface area contributed by atoms with Gasteiger partial charge >= 0.3 is 0 Å². The summed E-state index contributed by atoms with van der Waals surface area (Å²) in [6.45, 7) is 14.9. The lowest BCUT2D eigenvalue weighted by Crippen LogP contribution is -2.21. The van der Waals surface area contributed by atoms with E-state index in [1.165, 1.54) is 28.5 Å². The highest BCUT2D eigenvalue weighted by molar-refractivity contribution is 7.15. The fourth-order valence-corrected chi connectivity index (χ4v) is 4.23. The van der Waals surface area contributed by atoms with Gasteiger partial charge in [0.25, 0.3) is 0 Å². The van der Waals surface area contributed by atoms with Gasteiger partial charge in [-0.2, -0.15) is 0 Å². The van der Waals surface area contributed by atoms with E-state index < -0.39 is 0 Å². The number of rotatable bonds is 4. The number of hydrogen-bond donors (Lipinski definition) is 1. The number of aromatic nitrogens is 1. The van der Waals surface area contributed by atoms with E-state index in [-0.39, 0.29) is 5.41 Å². The molecule has 2 atom stereocenters. The largest absolute Gasteiger partial charge is 0.348 e. The molecule has 1 saturated heterocycles. The molecule has 2 fully saturated rings. The zero-order chi connectivity index (χ0) is 15.2. The Kier molecular flexibility index (Phi) is 4.04. The van der Waals surface area contributed by atoms with Crippen molar-refractivity contribution in [2.75, 3.05) is 18.0 Å². The standard InChI is InChI=1S/C17H29N3S/c1-11-9-20(10-12(11)2)16-19-15(17(3,4)5)14(21-16)8-18-13-6-7-13/h11-13,18H,6-10H2,1-5H3. The van der Waals surface area contributed by atoms with Crippen molar-refractivity contribution in [2.45, 2.75) is 65.5 Å². The van der Waals surface area contributed by atoms with Crippen molar-refractivity contribution in [1.82, 2.24) is 10.3 Å². The van der Waals surface area contributed by atoms with E-state index in [1.807, 2.05) is 11.3 Å². The second-order valence-electron chi connectivity index (χ2n) is 8.03. The van der Waals surface area contributed by atoms with Gasteiger partial charge in [-0.15, -0.1) is 11.3 Å². The van der Waals surface area contributed by atoms with E-state index in [0.29, 0.717) is 0 Å². The Morgan fingerprint density at radius 1 is 1.19 bits per heavy atom. The molecule has 2 unspecified atom stereocenters. The summed E-state index contributed by atoms with van der Waals surface area (Å²) in [6.07, 6.45) is 2.69. The molecule has 1 saturated carbocycles. The molecule has 2 heterocycles. The minimum atomic E-state index is 0.131. The lowest BCUT2D eigenvalue weighted by molar-refractivity contribution is 0.494. The van der Waals surface area contributed by atoms with Crippen LogP contribution >= 0.6 is 11.3 Å². The van der Waals surface area contributed by atoms with Crippen LogP contribution in [0.25, 0.3) is 0 Å². The Bertz CT molecular complexity index is 489. The lowest BCUT2D eigenvalue weighted by Gasteiger charge is -2.18. The highest BCUT2D eigenvalue weighted by Gasteiger charge is 2.31. The maximum atomic E-state index is 5.04. The number of hydrogen-bond acceptors (Lipinski definition) is 4. The Labute approximate surface area is 133 Å². The number of nitrogens with one attached hydrogen (secondary N) is 1. The number of nitrogens with zero attached hydrogens (tertiary/aromatic N) is 2. The summed E-state index contributed by atoms with van der Waals surface area (Å²) in [7, 11) is 0. The quantitative estimate of drug-likeness (QED) is 0.917. The van der Waals surface area contributed by atoms with Gasteiger partial charge in [-0.3, -0.25) is 0 Å². The first kappa shape index (κ1) is 15.3. The fourth-order valence-electron chi connectivity index (χ4n) is 2.99. The van der Waals surface area contributed by atoms with Crippen LogP contribution in [-0.4, -0.2) is 24.1 Å². The van der Waals surface area contributed by atoms with Crippen LogP contribution < -0.4 is 10.2 Å². The van der Waals surface area contributed by atoms with E-state index in [2.05, 4.69) is 44.8 Å². The molecule has 1 aliphatic carbocycles. The molecular weight excluding hydrogens is 278 g/mol. The average molecular weight is 308 g/mol. The molecule has 2 aliphatic rings. The maximum Gasteiger partial charge on any atom is 0.185 e. The van der Waals surface area contributed by atoms with E-state index in [0.717, 1.165) is 37.5 Å². The Morgan fingerprint density at radius 3 is 2.33 bits per heavy atom. The molecule has 0 bridgehead atoms. The molecule has 1 aromatic heterocycles. The molecule has 21 heavy (non-hydrogen) atoms. The van der Waals surface area contributed by atoms with Crippen LogP contribution in [0.2, 0.25) is 0 Å². The van der Waals surface area contributed by atoms with Gasteiger partial charge in [-0.05, 0) is 24.7 Å². The van der Waals surface area contributed by atoms with Crippen LogP contribution in [0.4, 0.5) is 5.13 Å². The normalized spacial score (nSPS) is 26.6. The van der Waals surface area contributed by atoms with Crippen molar-refractivity contribution >= 4 is 16.5 Å². The molecular formula is C17H29N3S. The second-order valence-corrected chi connectivity index (χ2v) is 9.10. The topological polar surface area (TPSA) is 28.2 Å². The summed E-state index contributed by atoms with van der Waals surface area (Å²) >= 11 is 1.91. The van der Waals surface area contributed by atoms with Crippen LogP contribution in [-0.2, 0) is 12.0 Å². The highest BCUT2D eigenvalue weighted by atomic mass is 32.1. The van der Waals surface area contributed by atoms with Crippen molar-refractivity contribution in [2.24, 2.45) is 11.8 Å². The van der Waals surface area contributed by atoms with E-state index in [1.54, 1.807) is 0 Å². The molecule has 0 amide bonds. The van der Waals surface area contributed by atoms with Gasteiger partial charge in [0.15, 0.2) is 5.13 Å². The summed E-state index contributed by atoms with van der Waals surface area (Å²) in [5, 5.41) is 4.90. The maximum absolute atomic E-state index is 5.04. The molecule has 1 N–H and O–H groups in total. The average Bonchev–Trinajstić information content (AvgIpc) is 3.01. The molecule has 3 nitrogen and oxygen atoms in total. The van der Waals surface area contributed by atoms with Gasteiger partial charge in [0.2, 0.25) is 0 Å². The van der Waals surface area contributed by atoms with Gasteiger partial charge < -0.3 is 10.2 Å². The SMILES string of the molecule is CC1CN(c2nc(C(C)(C)C)c(CNC3CC3)s2)CC1C. The van der Waals surface area contributed by atoms with Gasteiger partial charge in [0.1, 0.15) is 0 Å². The van der Waals surface area contributed by atoms with Gasteiger partial charge in [0.05, 0.1) is 5.69 Å². The van der Waals surface area contributed by atoms with Crippen LogP contribution in [0.3, 0.4) is 0 Å². The van der Waals surface area contributed by atoms with Crippen molar-refractivity contribution in [3.05, 3.63) is 10.6 Å². The number of thiazole rings is 1. The zero-order valence-corrected chi connectivity index (χ0v) is 14.9. The van der Waals surface area contributed by atoms with Crippen molar-refractivity contribution < 1.29 is 0 Å². The van der Waals surface area contributed by atoms with Gasteiger partial charge in [-0.25, -0.2) is 4.98 Å². The first-order valence-electron chi connectivity index (χ1n) is 8.33. The summed E-state index contributed by atoms with van der Waals surface area (Å²) in [5.41, 5.74) is 1.43. The smallest absolute Gasteiger partial charge is 0.185 e. The van der Waals surface area contributed by atoms with Gasteiger partial charge in [-0.1, -0.05) is 34.6 Å². The Hall–Kier alpha value is -0.610. The van der Waals surface area contributed by atoms with E-state index >= 15 is 0 Å². The molecule has 1 aliphatic heterocycles. The third-order valence-corrected chi connectivity index (χ3v) is 5.90. The second kappa shape index (κ2) is 5.54. The molecule has 118 valence electrons. The first-order valence-corrected chi connectivity index (χ1v) is 9.14. The minimum absolute atomic E-state index is 0.131. The predicted octanol–water partition coefficient (Wildman–Crippen LogP) is 3.78. The third-order valence-electron chi connectivity index (χ3n) is 4.78.